The summed E-state index contributed by atoms with van der Waals surface area (Å²) in [6, 6.07) is 15.3. The summed E-state index contributed by atoms with van der Waals surface area (Å²) in [5.41, 5.74) is 2.59. The highest BCUT2D eigenvalue weighted by atomic mass is 16.5. The fourth-order valence-corrected chi connectivity index (χ4v) is 3.90. The van der Waals surface area contributed by atoms with Crippen LogP contribution in [0.5, 0.6) is 0 Å². The highest BCUT2D eigenvalue weighted by molar-refractivity contribution is 6.05. The molecule has 0 fully saturated rings. The Morgan fingerprint density at radius 1 is 1.08 bits per heavy atom. The number of ether oxygens (including phenoxy) is 1. The van der Waals surface area contributed by atoms with Crippen molar-refractivity contribution < 1.29 is 18.7 Å². The van der Waals surface area contributed by atoms with E-state index in [9.17, 15) is 9.59 Å². The lowest BCUT2D eigenvalue weighted by Gasteiger charge is -2.32. The minimum absolute atomic E-state index is 0.0707. The third-order valence-electron chi connectivity index (χ3n) is 5.86. The first-order chi connectivity index (χ1) is 18.2. The number of hydrogen-bond donors (Lipinski definition) is 3. The van der Waals surface area contributed by atoms with Crippen LogP contribution in [0.2, 0.25) is 0 Å². The van der Waals surface area contributed by atoms with E-state index < -0.39 is 12.1 Å². The molecule has 3 N–H and O–H groups in total. The van der Waals surface area contributed by atoms with Gasteiger partial charge in [-0.25, -0.2) is 9.78 Å². The van der Waals surface area contributed by atoms with E-state index >= 15 is 0 Å². The van der Waals surface area contributed by atoms with Crippen molar-refractivity contribution in [2.75, 3.05) is 13.2 Å². The topological polar surface area (TPSA) is 121 Å². The van der Waals surface area contributed by atoms with E-state index in [0.29, 0.717) is 29.3 Å². The first-order valence-electron chi connectivity index (χ1n) is 12.8. The first kappa shape index (κ1) is 28.4. The summed E-state index contributed by atoms with van der Waals surface area (Å²) in [6.45, 7) is 10.1. The Bertz CT molecular complexity index is 1220. The summed E-state index contributed by atoms with van der Waals surface area (Å²) in [6.07, 6.45) is 1.61. The van der Waals surface area contributed by atoms with E-state index in [4.69, 9.17) is 14.6 Å². The molecule has 0 unspecified atom stereocenters. The van der Waals surface area contributed by atoms with Gasteiger partial charge in [-0.3, -0.25) is 15.1 Å². The Hall–Kier alpha value is -4.14. The fraction of sp³-hybridized carbons (Fsp3) is 0.379. The minimum atomic E-state index is -0.789. The Morgan fingerprint density at radius 3 is 2.45 bits per heavy atom. The summed E-state index contributed by atoms with van der Waals surface area (Å²) >= 11 is 0. The van der Waals surface area contributed by atoms with Crippen molar-refractivity contribution in [1.29, 1.82) is 5.41 Å². The number of hydrogen-bond acceptors (Lipinski definition) is 6. The van der Waals surface area contributed by atoms with Crippen molar-refractivity contribution in [3.05, 3.63) is 77.8 Å². The molecule has 0 spiro atoms. The lowest BCUT2D eigenvalue weighted by Crippen LogP contribution is -2.48. The van der Waals surface area contributed by atoms with Crippen molar-refractivity contribution >= 4 is 18.0 Å². The summed E-state index contributed by atoms with van der Waals surface area (Å²) < 4.78 is 11.2. The van der Waals surface area contributed by atoms with Crippen LogP contribution in [0.3, 0.4) is 0 Å². The van der Waals surface area contributed by atoms with Gasteiger partial charge in [0.1, 0.15) is 6.61 Å². The van der Waals surface area contributed by atoms with E-state index in [1.165, 1.54) is 11.3 Å². The van der Waals surface area contributed by atoms with E-state index in [1.807, 2.05) is 51.1 Å². The zero-order valence-corrected chi connectivity index (χ0v) is 22.7. The quantitative estimate of drug-likeness (QED) is 0.239. The predicted molar refractivity (Wildman–Crippen MR) is 147 cm³/mol. The molecule has 0 aliphatic rings. The molecule has 38 heavy (non-hydrogen) atoms. The Kier molecular flexibility index (Phi) is 10.0. The van der Waals surface area contributed by atoms with E-state index in [2.05, 4.69) is 29.5 Å². The SMILES string of the molecule is Cc1ncoc1-c1cccc([C@@H](COC(=O)NC(C)C)N(C(=N)NCCC(C)C)C(=O)c2ccccc2)c1. The normalized spacial score (nSPS) is 11.8. The predicted octanol–water partition coefficient (Wildman–Crippen LogP) is 5.54. The monoisotopic (exact) mass is 519 g/mol. The van der Waals surface area contributed by atoms with Crippen LogP contribution in [-0.2, 0) is 4.74 Å². The number of amides is 2. The van der Waals surface area contributed by atoms with Gasteiger partial charge >= 0.3 is 6.09 Å². The van der Waals surface area contributed by atoms with Gasteiger partial charge in [0.25, 0.3) is 5.91 Å². The molecule has 0 saturated heterocycles. The fourth-order valence-electron chi connectivity index (χ4n) is 3.90. The number of rotatable bonds is 10. The van der Waals surface area contributed by atoms with Crippen molar-refractivity contribution in [3.63, 3.8) is 0 Å². The van der Waals surface area contributed by atoms with Crippen molar-refractivity contribution in [2.24, 2.45) is 5.92 Å². The van der Waals surface area contributed by atoms with Gasteiger partial charge < -0.3 is 19.8 Å². The molecule has 0 aliphatic carbocycles. The molecule has 3 aromatic rings. The average Bonchev–Trinajstić information content (AvgIpc) is 3.31. The standard InChI is InChI=1S/C29H37N5O4/c1-19(2)14-15-31-28(30)34(27(35)22-10-7-6-8-11-22)25(17-37-29(36)33-20(3)4)23-12-9-13-24(16-23)26-21(5)32-18-38-26/h6-13,16,18-20,25H,14-15,17H2,1-5H3,(H2,30,31)(H,33,36)/t25-/m1/s1. The molecular formula is C29H37N5O4. The third kappa shape index (κ3) is 7.68. The summed E-state index contributed by atoms with van der Waals surface area (Å²) in [7, 11) is 0. The maximum atomic E-state index is 13.8. The molecule has 1 heterocycles. The lowest BCUT2D eigenvalue weighted by molar-refractivity contribution is 0.0693. The highest BCUT2D eigenvalue weighted by Gasteiger charge is 2.31. The van der Waals surface area contributed by atoms with E-state index in [1.54, 1.807) is 24.3 Å². The molecule has 1 aromatic heterocycles. The molecule has 9 nitrogen and oxygen atoms in total. The number of benzene rings is 2. The number of carbonyl (C=O) groups is 2. The summed E-state index contributed by atoms with van der Waals surface area (Å²) in [5, 5.41) is 14.7. The number of guanidine groups is 1. The lowest BCUT2D eigenvalue weighted by atomic mass is 10.0. The number of nitrogens with zero attached hydrogens (tertiary/aromatic N) is 2. The minimum Gasteiger partial charge on any atom is -0.447 e. The third-order valence-corrected chi connectivity index (χ3v) is 5.86. The van der Waals surface area contributed by atoms with Gasteiger partial charge in [0, 0.05) is 23.7 Å². The molecule has 0 radical (unpaired) electrons. The van der Waals surface area contributed by atoms with Crippen LogP contribution >= 0.6 is 0 Å². The molecule has 3 rings (SSSR count). The maximum Gasteiger partial charge on any atom is 0.407 e. The Morgan fingerprint density at radius 2 is 1.82 bits per heavy atom. The molecule has 1 atom stereocenters. The van der Waals surface area contributed by atoms with Gasteiger partial charge in [-0.15, -0.1) is 0 Å². The Balaban J connectivity index is 2.04. The average molecular weight is 520 g/mol. The van der Waals surface area contributed by atoms with Crippen molar-refractivity contribution in [2.45, 2.75) is 53.1 Å². The highest BCUT2D eigenvalue weighted by Crippen LogP contribution is 2.29. The number of aromatic nitrogens is 1. The van der Waals surface area contributed by atoms with Crippen LogP contribution < -0.4 is 10.6 Å². The van der Waals surface area contributed by atoms with Gasteiger partial charge in [0.15, 0.2) is 18.1 Å². The molecule has 0 bridgehead atoms. The molecule has 2 aromatic carbocycles. The van der Waals surface area contributed by atoms with Gasteiger partial charge in [-0.2, -0.15) is 0 Å². The molecule has 202 valence electrons. The van der Waals surface area contributed by atoms with Crippen molar-refractivity contribution in [3.8, 4) is 11.3 Å². The van der Waals surface area contributed by atoms with Crippen LogP contribution in [0.15, 0.2) is 65.4 Å². The number of aryl methyl sites for hydroxylation is 1. The Labute approximate surface area is 224 Å². The first-order valence-corrected chi connectivity index (χ1v) is 12.8. The number of nitrogens with one attached hydrogen (secondary N) is 3. The zero-order valence-electron chi connectivity index (χ0n) is 22.7. The zero-order chi connectivity index (χ0) is 27.7. The van der Waals surface area contributed by atoms with Crippen LogP contribution in [0, 0.1) is 18.3 Å². The molecule has 0 aliphatic heterocycles. The van der Waals surface area contributed by atoms with Crippen molar-refractivity contribution in [1.82, 2.24) is 20.5 Å². The van der Waals surface area contributed by atoms with E-state index in [-0.39, 0.29) is 24.5 Å². The second kappa shape index (κ2) is 13.4. The molecule has 0 saturated carbocycles. The van der Waals surface area contributed by atoms with Gasteiger partial charge in [-0.05, 0) is 56.9 Å². The smallest absolute Gasteiger partial charge is 0.407 e. The van der Waals surface area contributed by atoms with Crippen LogP contribution in [-0.4, -0.2) is 47.0 Å². The summed E-state index contributed by atoms with van der Waals surface area (Å²) in [5.74, 6) is 0.579. The van der Waals surface area contributed by atoms with Gasteiger partial charge in [0.05, 0.1) is 11.7 Å². The second-order valence-corrected chi connectivity index (χ2v) is 9.80. The summed E-state index contributed by atoms with van der Waals surface area (Å²) in [4.78, 5) is 31.8. The number of alkyl carbamates (subject to hydrolysis) is 1. The van der Waals surface area contributed by atoms with Gasteiger partial charge in [-0.1, -0.05) is 50.2 Å². The molecular weight excluding hydrogens is 482 g/mol. The van der Waals surface area contributed by atoms with Gasteiger partial charge in [0.2, 0.25) is 0 Å². The number of carbonyl (C=O) groups excluding carboxylic acids is 2. The van der Waals surface area contributed by atoms with Crippen LogP contribution in [0.1, 0.15) is 61.8 Å². The van der Waals surface area contributed by atoms with E-state index in [0.717, 1.165) is 17.7 Å². The van der Waals surface area contributed by atoms with Crippen LogP contribution in [0.25, 0.3) is 11.3 Å². The van der Waals surface area contributed by atoms with Crippen LogP contribution in [0.4, 0.5) is 4.79 Å². The largest absolute Gasteiger partial charge is 0.447 e. The second-order valence-electron chi connectivity index (χ2n) is 9.80. The molecule has 2 amide bonds. The molecule has 9 heteroatoms. The maximum absolute atomic E-state index is 13.8. The number of oxazole rings is 1.